The van der Waals surface area contributed by atoms with Crippen molar-refractivity contribution in [3.63, 3.8) is 0 Å². The van der Waals surface area contributed by atoms with Crippen LogP contribution in [0.5, 0.6) is 5.75 Å². The second kappa shape index (κ2) is 5.28. The second-order valence-electron chi connectivity index (χ2n) is 4.68. The van der Waals surface area contributed by atoms with E-state index in [0.29, 0.717) is 15.8 Å². The van der Waals surface area contributed by atoms with Gasteiger partial charge in [-0.05, 0) is 42.8 Å². The summed E-state index contributed by atoms with van der Waals surface area (Å²) in [5.41, 5.74) is -0.113. The highest BCUT2D eigenvalue weighted by Gasteiger charge is 2.29. The molecule has 1 aromatic carbocycles. The Bertz CT molecular complexity index is 748. The number of hydrogen-bond acceptors (Lipinski definition) is 5. The molecule has 2 N–H and O–H groups in total. The lowest BCUT2D eigenvalue weighted by molar-refractivity contribution is 0.0693. The van der Waals surface area contributed by atoms with Gasteiger partial charge in [0.2, 0.25) is 0 Å². The summed E-state index contributed by atoms with van der Waals surface area (Å²) >= 11 is 1.15. The summed E-state index contributed by atoms with van der Waals surface area (Å²) in [5.74, 6) is -0.477. The number of aromatic carboxylic acids is 1. The Morgan fingerprint density at radius 3 is 2.90 bits per heavy atom. The summed E-state index contributed by atoms with van der Waals surface area (Å²) in [6, 6.07) is 4.87. The van der Waals surface area contributed by atoms with Crippen molar-refractivity contribution in [3.8, 4) is 5.75 Å². The van der Waals surface area contributed by atoms with Crippen LogP contribution in [0.3, 0.4) is 0 Å². The van der Waals surface area contributed by atoms with Crippen LogP contribution >= 0.6 is 11.8 Å². The quantitative estimate of drug-likeness (QED) is 0.873. The van der Waals surface area contributed by atoms with Crippen LogP contribution in [-0.4, -0.2) is 33.0 Å². The Hall–Kier alpha value is -2.22. The number of H-pyrrole nitrogens is 1. The Morgan fingerprint density at radius 1 is 1.52 bits per heavy atom. The summed E-state index contributed by atoms with van der Waals surface area (Å²) in [7, 11) is 1.51. The predicted molar refractivity (Wildman–Crippen MR) is 75.2 cm³/mol. The Labute approximate surface area is 123 Å². The summed E-state index contributed by atoms with van der Waals surface area (Å²) in [6.07, 6.45) is 1.88. The molecule has 2 aromatic rings. The minimum atomic E-state index is -1.03. The summed E-state index contributed by atoms with van der Waals surface area (Å²) < 4.78 is 6.70. The van der Waals surface area contributed by atoms with Crippen LogP contribution in [0.15, 0.2) is 33.0 Å². The van der Waals surface area contributed by atoms with Crippen LogP contribution in [0.1, 0.15) is 29.2 Å². The first-order valence-electron chi connectivity index (χ1n) is 6.36. The molecule has 0 atom stereocenters. The van der Waals surface area contributed by atoms with E-state index in [0.717, 1.165) is 24.6 Å². The van der Waals surface area contributed by atoms with Crippen LogP contribution in [-0.2, 0) is 0 Å². The first-order chi connectivity index (χ1) is 10.1. The standard InChI is InChI=1S/C13H13N3O4S/c1-20-8-4-5-9(11(17)18)10(6-8)21-13-15-14-12(19)16(13)7-2-3-7/h4-7H,2-3H2,1H3,(H,14,19)(H,17,18). The zero-order valence-electron chi connectivity index (χ0n) is 11.2. The van der Waals surface area contributed by atoms with E-state index >= 15 is 0 Å². The van der Waals surface area contributed by atoms with Gasteiger partial charge in [0.25, 0.3) is 0 Å². The lowest BCUT2D eigenvalue weighted by Gasteiger charge is -2.08. The first kappa shape index (κ1) is 13.7. The van der Waals surface area contributed by atoms with E-state index in [1.807, 2.05) is 0 Å². The maximum absolute atomic E-state index is 11.7. The Morgan fingerprint density at radius 2 is 2.29 bits per heavy atom. The lowest BCUT2D eigenvalue weighted by Crippen LogP contribution is -2.16. The zero-order chi connectivity index (χ0) is 15.0. The van der Waals surface area contributed by atoms with Gasteiger partial charge in [-0.1, -0.05) is 0 Å². The number of nitrogens with zero attached hydrogens (tertiary/aromatic N) is 2. The number of carboxylic acid groups (broad SMARTS) is 1. The van der Waals surface area contributed by atoms with Crippen LogP contribution in [0.25, 0.3) is 0 Å². The average molecular weight is 307 g/mol. The second-order valence-corrected chi connectivity index (χ2v) is 5.69. The Kier molecular flexibility index (Phi) is 3.46. The summed E-state index contributed by atoms with van der Waals surface area (Å²) in [6.45, 7) is 0. The van der Waals surface area contributed by atoms with Crippen molar-refractivity contribution in [3.05, 3.63) is 34.2 Å². The average Bonchev–Trinajstić information content (AvgIpc) is 3.23. The van der Waals surface area contributed by atoms with Crippen LogP contribution in [0.2, 0.25) is 0 Å². The van der Waals surface area contributed by atoms with Crippen molar-refractivity contribution in [2.24, 2.45) is 0 Å². The van der Waals surface area contributed by atoms with Gasteiger partial charge >= 0.3 is 11.7 Å². The molecule has 7 nitrogen and oxygen atoms in total. The third kappa shape index (κ3) is 2.66. The number of benzene rings is 1. The smallest absolute Gasteiger partial charge is 0.344 e. The van der Waals surface area contributed by atoms with E-state index in [4.69, 9.17) is 4.74 Å². The van der Waals surface area contributed by atoms with E-state index in [1.54, 1.807) is 16.7 Å². The molecule has 0 radical (unpaired) electrons. The van der Waals surface area contributed by atoms with Crippen molar-refractivity contribution >= 4 is 17.7 Å². The fraction of sp³-hybridized carbons (Fsp3) is 0.308. The van der Waals surface area contributed by atoms with Gasteiger partial charge in [0, 0.05) is 10.9 Å². The number of carbonyl (C=O) groups is 1. The maximum Gasteiger partial charge on any atom is 0.344 e. The fourth-order valence-electron chi connectivity index (χ4n) is 2.01. The maximum atomic E-state index is 11.7. The first-order valence-corrected chi connectivity index (χ1v) is 7.18. The van der Waals surface area contributed by atoms with E-state index in [-0.39, 0.29) is 17.3 Å². The number of rotatable bonds is 5. The number of methoxy groups -OCH3 is 1. The SMILES string of the molecule is COc1ccc(C(=O)O)c(Sc2n[nH]c(=O)n2C2CC2)c1. The van der Waals surface area contributed by atoms with Gasteiger partial charge in [-0.3, -0.25) is 4.57 Å². The topological polar surface area (TPSA) is 97.2 Å². The molecule has 1 aliphatic carbocycles. The number of ether oxygens (including phenoxy) is 1. The molecule has 1 aliphatic rings. The van der Waals surface area contributed by atoms with Crippen molar-refractivity contribution in [1.29, 1.82) is 0 Å². The number of carboxylic acids is 1. The lowest BCUT2D eigenvalue weighted by atomic mass is 10.2. The monoisotopic (exact) mass is 307 g/mol. The summed E-state index contributed by atoms with van der Waals surface area (Å²) in [5, 5.41) is 16.1. The third-order valence-electron chi connectivity index (χ3n) is 3.20. The molecule has 1 aromatic heterocycles. The van der Waals surface area contributed by atoms with Gasteiger partial charge in [0.1, 0.15) is 5.75 Å². The molecule has 21 heavy (non-hydrogen) atoms. The fourth-order valence-corrected chi connectivity index (χ4v) is 3.06. The number of nitrogens with one attached hydrogen (secondary N) is 1. The van der Waals surface area contributed by atoms with E-state index in [2.05, 4.69) is 10.2 Å². The highest BCUT2D eigenvalue weighted by atomic mass is 32.2. The van der Waals surface area contributed by atoms with Gasteiger partial charge < -0.3 is 9.84 Å². The largest absolute Gasteiger partial charge is 0.497 e. The molecule has 0 amide bonds. The molecule has 0 saturated heterocycles. The molecule has 0 aliphatic heterocycles. The number of aromatic nitrogens is 3. The minimum absolute atomic E-state index is 0.151. The number of hydrogen-bond donors (Lipinski definition) is 2. The van der Waals surface area contributed by atoms with Crippen LogP contribution < -0.4 is 10.4 Å². The highest BCUT2D eigenvalue weighted by Crippen LogP contribution is 2.39. The molecular weight excluding hydrogens is 294 g/mol. The van der Waals surface area contributed by atoms with Crippen molar-refractivity contribution in [2.75, 3.05) is 7.11 Å². The van der Waals surface area contributed by atoms with Gasteiger partial charge in [0.15, 0.2) is 5.16 Å². The predicted octanol–water partition coefficient (Wildman–Crippen LogP) is 1.76. The van der Waals surface area contributed by atoms with E-state index in [1.165, 1.54) is 13.2 Å². The van der Waals surface area contributed by atoms with Crippen LogP contribution in [0.4, 0.5) is 0 Å². The molecule has 1 saturated carbocycles. The summed E-state index contributed by atoms with van der Waals surface area (Å²) in [4.78, 5) is 23.5. The third-order valence-corrected chi connectivity index (χ3v) is 4.23. The molecule has 0 unspecified atom stereocenters. The molecule has 1 fully saturated rings. The molecule has 0 bridgehead atoms. The molecular formula is C13H13N3O4S. The molecule has 0 spiro atoms. The molecule has 1 heterocycles. The molecule has 3 rings (SSSR count). The van der Waals surface area contributed by atoms with Crippen molar-refractivity contribution < 1.29 is 14.6 Å². The van der Waals surface area contributed by atoms with Crippen molar-refractivity contribution in [2.45, 2.75) is 28.9 Å². The minimum Gasteiger partial charge on any atom is -0.497 e. The van der Waals surface area contributed by atoms with E-state index in [9.17, 15) is 14.7 Å². The van der Waals surface area contributed by atoms with Gasteiger partial charge in [-0.2, -0.15) is 0 Å². The molecule has 110 valence electrons. The van der Waals surface area contributed by atoms with Gasteiger partial charge in [-0.25, -0.2) is 14.7 Å². The van der Waals surface area contributed by atoms with E-state index < -0.39 is 5.97 Å². The van der Waals surface area contributed by atoms with Crippen molar-refractivity contribution in [1.82, 2.24) is 14.8 Å². The van der Waals surface area contributed by atoms with Gasteiger partial charge in [-0.15, -0.1) is 5.10 Å². The highest BCUT2D eigenvalue weighted by molar-refractivity contribution is 7.99. The Balaban J connectivity index is 2.01. The van der Waals surface area contributed by atoms with Gasteiger partial charge in [0.05, 0.1) is 12.7 Å². The normalized spacial score (nSPS) is 14.1. The number of aromatic amines is 1. The van der Waals surface area contributed by atoms with Crippen LogP contribution in [0, 0.1) is 0 Å². The molecule has 8 heteroatoms. The zero-order valence-corrected chi connectivity index (χ0v) is 12.0.